The lowest BCUT2D eigenvalue weighted by Gasteiger charge is -2.21. The standard InChI is InChI=1S/C75H146O17P2/c1-8-10-11-12-13-25-35-42-49-56-72(77)85-62-71(92-75(80)59-52-45-38-31-30-33-40-47-54-67(5)6)65-90-94(83,84)88-61-69(76)60-87-93(81,82)89-64-70(63-86-73(78)57-50-43-36-28-23-20-16-17-21-26-32-39-46-53-66(3)4)91-74(79)58-51-44-37-29-24-19-15-14-18-22-27-34-41-48-55-68(7)9-2/h66-71,76H,8-65H2,1-7H3,(H,81,82)(H,83,84)/t68?,69-,70-,71-/m1/s1. The van der Waals surface area contributed by atoms with E-state index in [1.807, 2.05) is 0 Å². The Morgan fingerprint density at radius 3 is 0.809 bits per heavy atom. The third-order valence-electron chi connectivity index (χ3n) is 17.7. The van der Waals surface area contributed by atoms with Crippen LogP contribution in [0.5, 0.6) is 0 Å². The van der Waals surface area contributed by atoms with E-state index in [4.69, 9.17) is 37.0 Å². The number of carbonyl (C=O) groups excluding carboxylic acids is 4. The Labute approximate surface area is 575 Å². The van der Waals surface area contributed by atoms with Crippen LogP contribution in [0.4, 0.5) is 0 Å². The predicted molar refractivity (Wildman–Crippen MR) is 381 cm³/mol. The van der Waals surface area contributed by atoms with Gasteiger partial charge in [-0.15, -0.1) is 0 Å². The van der Waals surface area contributed by atoms with Gasteiger partial charge in [-0.3, -0.25) is 37.3 Å². The summed E-state index contributed by atoms with van der Waals surface area (Å²) < 4.78 is 68.4. The first-order valence-corrected chi connectivity index (χ1v) is 41.9. The summed E-state index contributed by atoms with van der Waals surface area (Å²) in [5, 5.41) is 10.6. The Morgan fingerprint density at radius 2 is 0.543 bits per heavy atom. The highest BCUT2D eigenvalue weighted by Crippen LogP contribution is 2.45. The van der Waals surface area contributed by atoms with Gasteiger partial charge in [-0.1, -0.05) is 331 Å². The molecule has 0 fully saturated rings. The normalized spacial score (nSPS) is 14.4. The van der Waals surface area contributed by atoms with E-state index in [9.17, 15) is 43.2 Å². The van der Waals surface area contributed by atoms with Gasteiger partial charge in [-0.2, -0.15) is 0 Å². The van der Waals surface area contributed by atoms with Gasteiger partial charge in [-0.05, 0) is 43.4 Å². The van der Waals surface area contributed by atoms with E-state index >= 15 is 0 Å². The first-order valence-electron chi connectivity index (χ1n) is 38.9. The van der Waals surface area contributed by atoms with E-state index in [2.05, 4.69) is 48.5 Å². The minimum Gasteiger partial charge on any atom is -0.462 e. The smallest absolute Gasteiger partial charge is 0.462 e. The lowest BCUT2D eigenvalue weighted by Crippen LogP contribution is -2.30. The molecule has 0 radical (unpaired) electrons. The summed E-state index contributed by atoms with van der Waals surface area (Å²) in [4.78, 5) is 72.7. The van der Waals surface area contributed by atoms with Crippen molar-refractivity contribution in [2.75, 3.05) is 39.6 Å². The van der Waals surface area contributed by atoms with Crippen LogP contribution in [0.15, 0.2) is 0 Å². The molecule has 3 N–H and O–H groups in total. The second kappa shape index (κ2) is 65.7. The van der Waals surface area contributed by atoms with Crippen molar-refractivity contribution in [2.45, 2.75) is 401 Å². The molecule has 0 aromatic rings. The Bertz CT molecular complexity index is 1840. The number of hydrogen-bond donors (Lipinski definition) is 3. The number of phosphoric ester groups is 2. The SMILES string of the molecule is CCCCCCCCCCCC(=O)OC[C@H](COP(=O)(O)OC[C@H](O)COP(=O)(O)OC[C@@H](COC(=O)CCCCCCCCCCCCCCCC(C)C)OC(=O)CCCCCCCCCCCCCCCCC(C)CC)OC(=O)CCCCCCCCCCC(C)C. The highest BCUT2D eigenvalue weighted by molar-refractivity contribution is 7.47. The zero-order valence-corrected chi connectivity index (χ0v) is 63.2. The molecule has 0 aliphatic rings. The summed E-state index contributed by atoms with van der Waals surface area (Å²) in [6, 6.07) is 0. The third-order valence-corrected chi connectivity index (χ3v) is 19.6. The van der Waals surface area contributed by atoms with Crippen LogP contribution in [0, 0.1) is 17.8 Å². The topological polar surface area (TPSA) is 237 Å². The Hall–Kier alpha value is -1.94. The minimum absolute atomic E-state index is 0.104. The van der Waals surface area contributed by atoms with Crippen molar-refractivity contribution in [2.24, 2.45) is 17.8 Å². The fraction of sp³-hybridized carbons (Fsp3) is 0.947. The molecule has 0 aliphatic carbocycles. The minimum atomic E-state index is -4.96. The molecule has 0 heterocycles. The second-order valence-electron chi connectivity index (χ2n) is 28.2. The van der Waals surface area contributed by atoms with Crippen LogP contribution in [-0.2, 0) is 65.4 Å². The number of esters is 4. The fourth-order valence-corrected chi connectivity index (χ4v) is 13.0. The molecule has 558 valence electrons. The molecule has 0 saturated carbocycles. The molecular formula is C75H146O17P2. The molecule has 19 heteroatoms. The predicted octanol–water partition coefficient (Wildman–Crippen LogP) is 21.8. The monoisotopic (exact) mass is 1380 g/mol. The Balaban J connectivity index is 5.23. The molecule has 0 rings (SSSR count). The number of unbranched alkanes of at least 4 members (excludes halogenated alkanes) is 40. The summed E-state index contributed by atoms with van der Waals surface area (Å²) in [6.07, 6.45) is 51.3. The Kier molecular flexibility index (Phi) is 64.3. The number of aliphatic hydroxyl groups is 1. The van der Waals surface area contributed by atoms with Crippen LogP contribution in [0.3, 0.4) is 0 Å². The average molecular weight is 1380 g/mol. The third kappa shape index (κ3) is 67.3. The maximum Gasteiger partial charge on any atom is 0.472 e. The van der Waals surface area contributed by atoms with Gasteiger partial charge in [0.2, 0.25) is 0 Å². The molecule has 6 atom stereocenters. The summed E-state index contributed by atoms with van der Waals surface area (Å²) in [5.74, 6) is 0.234. The molecule has 0 aromatic heterocycles. The summed E-state index contributed by atoms with van der Waals surface area (Å²) in [7, 11) is -9.91. The van der Waals surface area contributed by atoms with Crippen molar-refractivity contribution >= 4 is 39.5 Å². The van der Waals surface area contributed by atoms with Gasteiger partial charge < -0.3 is 33.8 Å². The zero-order chi connectivity index (χ0) is 69.4. The number of rotatable bonds is 73. The van der Waals surface area contributed by atoms with Gasteiger partial charge in [0.25, 0.3) is 0 Å². The molecule has 0 spiro atoms. The average Bonchev–Trinajstić information content (AvgIpc) is 1.39. The molecule has 3 unspecified atom stereocenters. The summed E-state index contributed by atoms with van der Waals surface area (Å²) in [5.41, 5.74) is 0. The van der Waals surface area contributed by atoms with Gasteiger partial charge >= 0.3 is 39.5 Å². The lowest BCUT2D eigenvalue weighted by molar-refractivity contribution is -0.161. The van der Waals surface area contributed by atoms with Crippen molar-refractivity contribution in [1.82, 2.24) is 0 Å². The van der Waals surface area contributed by atoms with Crippen LogP contribution in [-0.4, -0.2) is 96.7 Å². The van der Waals surface area contributed by atoms with Crippen LogP contribution >= 0.6 is 15.6 Å². The van der Waals surface area contributed by atoms with Gasteiger partial charge in [-0.25, -0.2) is 9.13 Å². The molecule has 94 heavy (non-hydrogen) atoms. The Morgan fingerprint density at radius 1 is 0.309 bits per heavy atom. The van der Waals surface area contributed by atoms with E-state index < -0.39 is 97.5 Å². The molecular weight excluding hydrogens is 1230 g/mol. The van der Waals surface area contributed by atoms with Crippen LogP contribution in [0.1, 0.15) is 382 Å². The van der Waals surface area contributed by atoms with E-state index in [1.54, 1.807) is 0 Å². The number of phosphoric acid groups is 2. The van der Waals surface area contributed by atoms with E-state index in [-0.39, 0.29) is 25.7 Å². The van der Waals surface area contributed by atoms with Crippen molar-refractivity contribution in [3.05, 3.63) is 0 Å². The number of hydrogen-bond acceptors (Lipinski definition) is 15. The van der Waals surface area contributed by atoms with Gasteiger partial charge in [0.1, 0.15) is 19.3 Å². The van der Waals surface area contributed by atoms with Gasteiger partial charge in [0, 0.05) is 25.7 Å². The molecule has 0 saturated heterocycles. The van der Waals surface area contributed by atoms with Crippen LogP contribution in [0.2, 0.25) is 0 Å². The van der Waals surface area contributed by atoms with Crippen molar-refractivity contribution in [3.8, 4) is 0 Å². The lowest BCUT2D eigenvalue weighted by atomic mass is 9.99. The van der Waals surface area contributed by atoms with E-state index in [0.29, 0.717) is 25.7 Å². The summed E-state index contributed by atoms with van der Waals surface area (Å²) in [6.45, 7) is 11.9. The van der Waals surface area contributed by atoms with E-state index in [0.717, 1.165) is 108 Å². The molecule has 0 bridgehead atoms. The maximum atomic E-state index is 13.1. The van der Waals surface area contributed by atoms with Crippen LogP contribution in [0.25, 0.3) is 0 Å². The maximum absolute atomic E-state index is 13.1. The number of aliphatic hydroxyl groups excluding tert-OH is 1. The zero-order valence-electron chi connectivity index (χ0n) is 61.4. The molecule has 0 aromatic carbocycles. The first kappa shape index (κ1) is 92.1. The fourth-order valence-electron chi connectivity index (χ4n) is 11.4. The van der Waals surface area contributed by atoms with Gasteiger partial charge in [0.05, 0.1) is 26.4 Å². The number of ether oxygens (including phenoxy) is 4. The van der Waals surface area contributed by atoms with Crippen LogP contribution < -0.4 is 0 Å². The highest BCUT2D eigenvalue weighted by atomic mass is 31.2. The largest absolute Gasteiger partial charge is 0.472 e. The number of carbonyl (C=O) groups is 4. The first-order chi connectivity index (χ1) is 45.3. The highest BCUT2D eigenvalue weighted by Gasteiger charge is 2.30. The van der Waals surface area contributed by atoms with Crippen molar-refractivity contribution in [3.63, 3.8) is 0 Å². The molecule has 0 aliphatic heterocycles. The quantitative estimate of drug-likeness (QED) is 0.0222. The van der Waals surface area contributed by atoms with Crippen molar-refractivity contribution in [1.29, 1.82) is 0 Å². The molecule has 0 amide bonds. The van der Waals surface area contributed by atoms with E-state index in [1.165, 1.54) is 193 Å². The summed E-state index contributed by atoms with van der Waals surface area (Å²) >= 11 is 0. The second-order valence-corrected chi connectivity index (χ2v) is 31.1. The van der Waals surface area contributed by atoms with Gasteiger partial charge in [0.15, 0.2) is 12.2 Å². The molecule has 17 nitrogen and oxygen atoms in total. The van der Waals surface area contributed by atoms with Crippen molar-refractivity contribution < 1.29 is 80.2 Å².